The highest BCUT2D eigenvalue weighted by Crippen LogP contribution is 2.30. The van der Waals surface area contributed by atoms with Crippen molar-refractivity contribution in [3.05, 3.63) is 30.1 Å². The van der Waals surface area contributed by atoms with Gasteiger partial charge < -0.3 is 20.1 Å². The Bertz CT molecular complexity index is 1120. The molecule has 2 N–H and O–H groups in total. The summed E-state index contributed by atoms with van der Waals surface area (Å²) in [7, 11) is -1.98. The van der Waals surface area contributed by atoms with Gasteiger partial charge >= 0.3 is 0 Å². The Hall–Kier alpha value is -3.10. The largest absolute Gasteiger partial charge is 0.488 e. The normalized spacial score (nSPS) is 19.7. The summed E-state index contributed by atoms with van der Waals surface area (Å²) in [5.41, 5.74) is 0.559. The molecule has 0 unspecified atom stereocenters. The number of carbonyl (C=O) groups excluding carboxylic acids is 2. The van der Waals surface area contributed by atoms with E-state index in [1.165, 1.54) is 33.3 Å². The second kappa shape index (κ2) is 10.4. The molecule has 2 amide bonds. The van der Waals surface area contributed by atoms with Crippen LogP contribution in [0.15, 0.2) is 24.5 Å². The van der Waals surface area contributed by atoms with Crippen LogP contribution in [0, 0.1) is 5.92 Å². The van der Waals surface area contributed by atoms with Gasteiger partial charge in [0.1, 0.15) is 24.7 Å². The molecule has 3 atom stereocenters. The third kappa shape index (κ3) is 6.07. The van der Waals surface area contributed by atoms with Crippen molar-refractivity contribution in [3.8, 4) is 5.75 Å². The van der Waals surface area contributed by atoms with Crippen LogP contribution in [0.4, 0.5) is 5.69 Å². The fourth-order valence-electron chi connectivity index (χ4n) is 3.51. The Balaban J connectivity index is 1.92. The number of nitrogens with one attached hydrogen (secondary N) is 1. The summed E-state index contributed by atoms with van der Waals surface area (Å²) in [6.45, 7) is 3.56. The summed E-state index contributed by atoms with van der Waals surface area (Å²) in [6.07, 6.45) is 1.86. The topological polar surface area (TPSA) is 160 Å². The number of rotatable bonds is 8. The van der Waals surface area contributed by atoms with Crippen molar-refractivity contribution in [1.82, 2.24) is 29.4 Å². The minimum atomic E-state index is -3.44. The smallest absolute Gasteiger partial charge is 0.258 e. The molecule has 1 aliphatic heterocycles. The molecule has 0 aliphatic carbocycles. The number of ether oxygens (including phenoxy) is 1. The zero-order valence-corrected chi connectivity index (χ0v) is 20.3. The quantitative estimate of drug-likeness (QED) is 0.488. The minimum Gasteiger partial charge on any atom is -0.488 e. The number of sulfonamides is 1. The van der Waals surface area contributed by atoms with Crippen molar-refractivity contribution in [2.45, 2.75) is 32.5 Å². The molecular weight excluding hydrogens is 466 g/mol. The number of nitrogens with zero attached hydrogens (tertiary/aromatic N) is 6. The average Bonchev–Trinajstić information content (AvgIpc) is 3.28. The van der Waals surface area contributed by atoms with Gasteiger partial charge in [-0.05, 0) is 35.5 Å². The molecule has 2 heterocycles. The number of tetrazole rings is 1. The van der Waals surface area contributed by atoms with Gasteiger partial charge in [0.05, 0.1) is 31.0 Å². The number of fused-ring (bicyclic) bond motifs is 1. The van der Waals surface area contributed by atoms with Gasteiger partial charge in [-0.2, -0.15) is 0 Å². The summed E-state index contributed by atoms with van der Waals surface area (Å²) < 4.78 is 32.5. The van der Waals surface area contributed by atoms with Gasteiger partial charge in [-0.3, -0.25) is 9.59 Å². The SMILES string of the molecule is C[C@@H]1CN([C@H](C)CO)C(=O)c2cc(NC(=O)Cn3cnnn3)ccc2O[C@H]1CN(C)S(C)(=O)=O. The van der Waals surface area contributed by atoms with Gasteiger partial charge in [-0.25, -0.2) is 17.4 Å². The lowest BCUT2D eigenvalue weighted by Crippen LogP contribution is -2.50. The van der Waals surface area contributed by atoms with E-state index in [9.17, 15) is 23.1 Å². The minimum absolute atomic E-state index is 0.0827. The first-order valence-electron chi connectivity index (χ1n) is 10.6. The van der Waals surface area contributed by atoms with E-state index >= 15 is 0 Å². The van der Waals surface area contributed by atoms with Crippen LogP contribution >= 0.6 is 0 Å². The van der Waals surface area contributed by atoms with Crippen LogP contribution in [0.25, 0.3) is 0 Å². The molecule has 1 aliphatic rings. The van der Waals surface area contributed by atoms with E-state index in [2.05, 4.69) is 20.8 Å². The maximum absolute atomic E-state index is 13.4. The maximum Gasteiger partial charge on any atom is 0.258 e. The predicted molar refractivity (Wildman–Crippen MR) is 122 cm³/mol. The van der Waals surface area contributed by atoms with Crippen molar-refractivity contribution in [1.29, 1.82) is 0 Å². The highest BCUT2D eigenvalue weighted by molar-refractivity contribution is 7.88. The van der Waals surface area contributed by atoms with Gasteiger partial charge in [0, 0.05) is 25.2 Å². The summed E-state index contributed by atoms with van der Waals surface area (Å²) in [5, 5.41) is 23.0. The van der Waals surface area contributed by atoms with E-state index in [0.717, 1.165) is 6.26 Å². The molecular formula is C20H29N7O6S. The van der Waals surface area contributed by atoms with Crippen LogP contribution in [-0.2, 0) is 21.4 Å². The molecule has 0 saturated carbocycles. The Morgan fingerprint density at radius 2 is 2.15 bits per heavy atom. The molecule has 34 heavy (non-hydrogen) atoms. The number of carbonyl (C=O) groups is 2. The number of aromatic nitrogens is 4. The number of anilines is 1. The zero-order valence-electron chi connectivity index (χ0n) is 19.4. The van der Waals surface area contributed by atoms with Gasteiger partial charge in [-0.1, -0.05) is 6.92 Å². The second-order valence-corrected chi connectivity index (χ2v) is 10.5. The molecule has 0 spiro atoms. The van der Waals surface area contributed by atoms with Crippen LogP contribution in [0.3, 0.4) is 0 Å². The molecule has 2 aromatic rings. The lowest BCUT2D eigenvalue weighted by atomic mass is 9.99. The first-order valence-corrected chi connectivity index (χ1v) is 12.5. The van der Waals surface area contributed by atoms with E-state index < -0.39 is 28.1 Å². The zero-order chi connectivity index (χ0) is 25.0. The van der Waals surface area contributed by atoms with E-state index in [0.29, 0.717) is 5.69 Å². The molecule has 3 rings (SSSR count). The van der Waals surface area contributed by atoms with E-state index in [1.54, 1.807) is 19.1 Å². The highest BCUT2D eigenvalue weighted by atomic mass is 32.2. The average molecular weight is 496 g/mol. The summed E-state index contributed by atoms with van der Waals surface area (Å²) in [6, 6.07) is 4.17. The van der Waals surface area contributed by atoms with Gasteiger partial charge in [0.15, 0.2) is 0 Å². The van der Waals surface area contributed by atoms with E-state index in [-0.39, 0.29) is 49.4 Å². The van der Waals surface area contributed by atoms with E-state index in [1.807, 2.05) is 6.92 Å². The van der Waals surface area contributed by atoms with Crippen LogP contribution in [0.2, 0.25) is 0 Å². The predicted octanol–water partition coefficient (Wildman–Crippen LogP) is -0.577. The van der Waals surface area contributed by atoms with Crippen LogP contribution < -0.4 is 10.1 Å². The van der Waals surface area contributed by atoms with Gasteiger partial charge in [0.2, 0.25) is 15.9 Å². The highest BCUT2D eigenvalue weighted by Gasteiger charge is 2.34. The van der Waals surface area contributed by atoms with Crippen LogP contribution in [0.5, 0.6) is 5.75 Å². The molecule has 0 bridgehead atoms. The Morgan fingerprint density at radius 1 is 1.41 bits per heavy atom. The lowest BCUT2D eigenvalue weighted by Gasteiger charge is -2.38. The molecule has 13 nitrogen and oxygen atoms in total. The lowest BCUT2D eigenvalue weighted by molar-refractivity contribution is -0.116. The molecule has 0 fully saturated rings. The Labute approximate surface area is 197 Å². The van der Waals surface area contributed by atoms with Gasteiger partial charge in [0.25, 0.3) is 5.91 Å². The van der Waals surface area contributed by atoms with E-state index in [4.69, 9.17) is 4.74 Å². The maximum atomic E-state index is 13.4. The molecule has 0 radical (unpaired) electrons. The van der Waals surface area contributed by atoms with Crippen LogP contribution in [0.1, 0.15) is 24.2 Å². The number of aliphatic hydroxyl groups excluding tert-OH is 1. The molecule has 0 saturated heterocycles. The van der Waals surface area contributed by atoms with Crippen molar-refractivity contribution >= 4 is 27.5 Å². The number of amides is 2. The van der Waals surface area contributed by atoms with Crippen LogP contribution in [-0.4, -0.2) is 99.9 Å². The third-order valence-electron chi connectivity index (χ3n) is 5.65. The first kappa shape index (κ1) is 25.5. The molecule has 186 valence electrons. The Kier molecular flexibility index (Phi) is 7.84. The number of benzene rings is 1. The summed E-state index contributed by atoms with van der Waals surface area (Å²) in [4.78, 5) is 27.3. The van der Waals surface area contributed by atoms with Crippen molar-refractivity contribution in [2.75, 3.05) is 38.3 Å². The summed E-state index contributed by atoms with van der Waals surface area (Å²) >= 11 is 0. The molecule has 1 aromatic carbocycles. The fraction of sp³-hybridized carbons (Fsp3) is 0.550. The van der Waals surface area contributed by atoms with Gasteiger partial charge in [-0.15, -0.1) is 5.10 Å². The number of aliphatic hydroxyl groups is 1. The van der Waals surface area contributed by atoms with Crippen molar-refractivity contribution in [2.24, 2.45) is 5.92 Å². The first-order chi connectivity index (χ1) is 16.0. The number of hydrogen-bond acceptors (Lipinski definition) is 9. The van der Waals surface area contributed by atoms with Crippen molar-refractivity contribution < 1.29 is 27.9 Å². The third-order valence-corrected chi connectivity index (χ3v) is 6.93. The number of hydrogen-bond donors (Lipinski definition) is 2. The van der Waals surface area contributed by atoms with Crippen molar-refractivity contribution in [3.63, 3.8) is 0 Å². The number of likely N-dealkylation sites (N-methyl/N-ethyl adjacent to an activating group) is 1. The standard InChI is InChI=1S/C20H29N7O6S/c1-13-8-27(14(2)11-28)20(30)16-7-15(22-19(29)10-26-12-21-23-24-26)5-6-17(16)33-18(13)9-25(3)34(4,31)32/h5-7,12-14,18,28H,8-11H2,1-4H3,(H,22,29)/t13-,14-,18+/m1/s1. The molecule has 14 heteroatoms. The second-order valence-electron chi connectivity index (χ2n) is 8.43. The Morgan fingerprint density at radius 3 is 2.76 bits per heavy atom. The monoisotopic (exact) mass is 495 g/mol. The molecule has 1 aromatic heterocycles. The fourth-order valence-corrected chi connectivity index (χ4v) is 3.93. The summed E-state index contributed by atoms with van der Waals surface area (Å²) in [5.74, 6) is -0.730.